The minimum atomic E-state index is -0.609. The smallest absolute Gasteiger partial charge is 0.186 e. The highest BCUT2D eigenvalue weighted by Gasteiger charge is 2.51. The predicted octanol–water partition coefficient (Wildman–Crippen LogP) is 2.83. The Balaban J connectivity index is 1.20. The molecule has 39 heavy (non-hydrogen) atoms. The molecule has 6 atom stereocenters. The first-order valence-corrected chi connectivity index (χ1v) is 14.0. The molecule has 0 N–H and O–H groups in total. The number of ether oxygens (including phenoxy) is 8. The topological polar surface area (TPSA) is 77.1 Å². The highest BCUT2D eigenvalue weighted by atomic mass is 16.8. The van der Waals surface area contributed by atoms with Gasteiger partial charge in [0.2, 0.25) is 0 Å². The molecule has 0 aliphatic carbocycles. The number of nitrogens with zero attached hydrogens (tertiary/aromatic N) is 1. The lowest BCUT2D eigenvalue weighted by Crippen LogP contribution is -2.63. The zero-order valence-corrected chi connectivity index (χ0v) is 22.7. The van der Waals surface area contributed by atoms with E-state index in [1.165, 1.54) is 5.56 Å². The van der Waals surface area contributed by atoms with Gasteiger partial charge in [-0.3, -0.25) is 4.90 Å². The van der Waals surface area contributed by atoms with Crippen molar-refractivity contribution >= 4 is 0 Å². The van der Waals surface area contributed by atoms with Gasteiger partial charge < -0.3 is 37.9 Å². The molecule has 0 spiro atoms. The molecule has 2 aromatic rings. The van der Waals surface area contributed by atoms with Crippen molar-refractivity contribution in [3.8, 4) is 0 Å². The maximum Gasteiger partial charge on any atom is 0.186 e. The molecule has 3 fully saturated rings. The number of fused-ring (bicyclic) bond motifs is 3. The largest absolute Gasteiger partial charge is 0.378 e. The summed E-state index contributed by atoms with van der Waals surface area (Å²) in [6, 6.07) is 20.4. The van der Waals surface area contributed by atoms with Gasteiger partial charge in [0.1, 0.15) is 24.4 Å². The van der Waals surface area contributed by atoms with Crippen molar-refractivity contribution in [1.29, 1.82) is 0 Å². The Kier molecular flexibility index (Phi) is 11.1. The fraction of sp³-hybridized carbons (Fsp3) is 0.600. The van der Waals surface area contributed by atoms with Gasteiger partial charge in [-0.25, -0.2) is 0 Å². The summed E-state index contributed by atoms with van der Waals surface area (Å²) < 4.78 is 48.9. The normalized spacial score (nSPS) is 31.8. The lowest BCUT2D eigenvalue weighted by atomic mass is 9.97. The van der Waals surface area contributed by atoms with E-state index >= 15 is 0 Å². The molecule has 3 aliphatic heterocycles. The molecule has 5 rings (SSSR count). The first-order chi connectivity index (χ1) is 19.3. The molecule has 0 bridgehead atoms. The summed E-state index contributed by atoms with van der Waals surface area (Å²) in [7, 11) is 1.61. The van der Waals surface area contributed by atoms with E-state index in [9.17, 15) is 0 Å². The van der Waals surface area contributed by atoms with Gasteiger partial charge in [-0.15, -0.1) is 0 Å². The number of hydrogen-bond donors (Lipinski definition) is 0. The van der Waals surface area contributed by atoms with Crippen LogP contribution in [0.2, 0.25) is 0 Å². The first kappa shape index (κ1) is 28.6. The maximum absolute atomic E-state index is 6.42. The third-order valence-corrected chi connectivity index (χ3v) is 7.33. The molecule has 0 aromatic heterocycles. The fourth-order valence-electron chi connectivity index (χ4n) is 5.23. The minimum Gasteiger partial charge on any atom is -0.378 e. The van der Waals surface area contributed by atoms with E-state index < -0.39 is 24.8 Å². The van der Waals surface area contributed by atoms with Crippen molar-refractivity contribution in [2.45, 2.75) is 43.4 Å². The molecule has 1 unspecified atom stereocenters. The van der Waals surface area contributed by atoms with Gasteiger partial charge in [-0.1, -0.05) is 60.7 Å². The lowest BCUT2D eigenvalue weighted by Gasteiger charge is -2.48. The van der Waals surface area contributed by atoms with E-state index in [1.54, 1.807) is 7.11 Å². The molecule has 214 valence electrons. The molecule has 9 nitrogen and oxygen atoms in total. The van der Waals surface area contributed by atoms with E-state index in [2.05, 4.69) is 29.2 Å². The zero-order chi connectivity index (χ0) is 26.7. The zero-order valence-electron chi connectivity index (χ0n) is 22.7. The lowest BCUT2D eigenvalue weighted by molar-refractivity contribution is -0.368. The van der Waals surface area contributed by atoms with E-state index in [1.807, 2.05) is 36.4 Å². The SMILES string of the molecule is CO[C@H]1O[C@@H]2COC(c3ccccc3)O[C@@H]2[C@@H]2OCCOCCN(CCc3ccccc3)CCOCCO[C@@H]12. The van der Waals surface area contributed by atoms with Crippen LogP contribution in [0.4, 0.5) is 0 Å². The van der Waals surface area contributed by atoms with Gasteiger partial charge in [0.05, 0.1) is 46.2 Å². The summed E-state index contributed by atoms with van der Waals surface area (Å²) in [4.78, 5) is 2.38. The maximum atomic E-state index is 6.42. The van der Waals surface area contributed by atoms with Crippen LogP contribution in [0.25, 0.3) is 0 Å². The Morgan fingerprint density at radius 3 is 2.08 bits per heavy atom. The van der Waals surface area contributed by atoms with Gasteiger partial charge in [-0.2, -0.15) is 0 Å². The van der Waals surface area contributed by atoms with Gasteiger partial charge >= 0.3 is 0 Å². The summed E-state index contributed by atoms with van der Waals surface area (Å²) in [5.41, 5.74) is 2.28. The van der Waals surface area contributed by atoms with E-state index in [0.29, 0.717) is 46.2 Å². The van der Waals surface area contributed by atoms with Crippen LogP contribution in [0.1, 0.15) is 17.4 Å². The van der Waals surface area contributed by atoms with Crippen LogP contribution in [0.15, 0.2) is 60.7 Å². The van der Waals surface area contributed by atoms with Crippen molar-refractivity contribution in [2.75, 3.05) is 73.0 Å². The van der Waals surface area contributed by atoms with Crippen LogP contribution in [0.5, 0.6) is 0 Å². The molecule has 0 saturated carbocycles. The monoisotopic (exact) mass is 543 g/mol. The summed E-state index contributed by atoms with van der Waals surface area (Å²) >= 11 is 0. The van der Waals surface area contributed by atoms with Gasteiger partial charge in [-0.05, 0) is 12.0 Å². The van der Waals surface area contributed by atoms with Gasteiger partial charge in [0.25, 0.3) is 0 Å². The van der Waals surface area contributed by atoms with Gasteiger partial charge in [0.15, 0.2) is 12.6 Å². The average Bonchev–Trinajstić information content (AvgIpc) is 3.00. The Bertz CT molecular complexity index is 950. The fourth-order valence-corrected chi connectivity index (χ4v) is 5.23. The van der Waals surface area contributed by atoms with Crippen LogP contribution < -0.4 is 0 Å². The molecule has 0 amide bonds. The van der Waals surface area contributed by atoms with Crippen LogP contribution in [0.3, 0.4) is 0 Å². The highest BCUT2D eigenvalue weighted by molar-refractivity contribution is 5.17. The Morgan fingerprint density at radius 1 is 0.718 bits per heavy atom. The average molecular weight is 544 g/mol. The Hall–Kier alpha value is -1.92. The molecular formula is C30H41NO8. The minimum absolute atomic E-state index is 0.336. The molecule has 0 radical (unpaired) electrons. The second kappa shape index (κ2) is 15.2. The molecule has 9 heteroatoms. The van der Waals surface area contributed by atoms with Crippen molar-refractivity contribution in [3.63, 3.8) is 0 Å². The Morgan fingerprint density at radius 2 is 1.38 bits per heavy atom. The van der Waals surface area contributed by atoms with E-state index in [0.717, 1.165) is 31.6 Å². The van der Waals surface area contributed by atoms with Crippen LogP contribution in [-0.2, 0) is 44.3 Å². The molecule has 3 saturated heterocycles. The predicted molar refractivity (Wildman–Crippen MR) is 143 cm³/mol. The third kappa shape index (κ3) is 8.07. The van der Waals surface area contributed by atoms with Crippen molar-refractivity contribution < 1.29 is 37.9 Å². The summed E-state index contributed by atoms with van der Waals surface area (Å²) in [6.45, 7) is 5.98. The second-order valence-electron chi connectivity index (χ2n) is 9.93. The van der Waals surface area contributed by atoms with Crippen molar-refractivity contribution in [1.82, 2.24) is 4.90 Å². The second-order valence-corrected chi connectivity index (χ2v) is 9.93. The van der Waals surface area contributed by atoms with Crippen LogP contribution in [0, 0.1) is 0 Å². The van der Waals surface area contributed by atoms with E-state index in [-0.39, 0.29) is 12.2 Å². The van der Waals surface area contributed by atoms with E-state index in [4.69, 9.17) is 37.9 Å². The molecule has 3 heterocycles. The summed E-state index contributed by atoms with van der Waals surface area (Å²) in [6.07, 6.45) is -1.74. The number of benzene rings is 2. The van der Waals surface area contributed by atoms with Crippen molar-refractivity contribution in [2.24, 2.45) is 0 Å². The first-order valence-electron chi connectivity index (χ1n) is 14.0. The van der Waals surface area contributed by atoms with Gasteiger partial charge in [0, 0.05) is 32.3 Å². The Labute approximate surface area is 231 Å². The number of rotatable bonds is 5. The van der Waals surface area contributed by atoms with Crippen molar-refractivity contribution in [3.05, 3.63) is 71.8 Å². The van der Waals surface area contributed by atoms with Crippen LogP contribution >= 0.6 is 0 Å². The standard InChI is InChI=1S/C30H41NO8/c1-32-30-28-27(26-25(38-30)22-37-29(39-26)24-10-6-3-7-11-24)35-20-18-33-16-14-31(15-17-34-19-21-36-28)13-12-23-8-4-2-5-9-23/h2-11,25-30H,12-22H2,1H3/t25-,26+,27+,28-,29?,30+/m1/s1. The third-order valence-electron chi connectivity index (χ3n) is 7.33. The molecular weight excluding hydrogens is 502 g/mol. The number of methoxy groups -OCH3 is 1. The molecule has 3 aliphatic rings. The summed E-state index contributed by atoms with van der Waals surface area (Å²) in [5.74, 6) is 0. The summed E-state index contributed by atoms with van der Waals surface area (Å²) in [5, 5.41) is 0. The highest BCUT2D eigenvalue weighted by Crippen LogP contribution is 2.36. The molecule has 2 aromatic carbocycles. The quantitative estimate of drug-likeness (QED) is 0.566. The van der Waals surface area contributed by atoms with Crippen LogP contribution in [-0.4, -0.2) is 109 Å². The number of hydrogen-bond acceptors (Lipinski definition) is 9.